The Hall–Kier alpha value is -6.04. The number of nitrogens with zero attached hydrogens (tertiary/aromatic N) is 1. The van der Waals surface area contributed by atoms with Crippen LogP contribution in [0.5, 0.6) is 5.75 Å². The van der Waals surface area contributed by atoms with Crippen LogP contribution in [0, 0.1) is 0 Å². The van der Waals surface area contributed by atoms with Crippen molar-refractivity contribution >= 4 is 47.4 Å². The molecule has 0 radical (unpaired) electrons. The molecule has 0 unspecified atom stereocenters. The van der Waals surface area contributed by atoms with Crippen molar-refractivity contribution in [2.75, 3.05) is 13.1 Å². The van der Waals surface area contributed by atoms with Crippen LogP contribution in [0.3, 0.4) is 0 Å². The van der Waals surface area contributed by atoms with Gasteiger partial charge in [-0.15, -0.1) is 0 Å². The van der Waals surface area contributed by atoms with Gasteiger partial charge in [-0.1, -0.05) is 42.5 Å². The maximum Gasteiger partial charge on any atom is 0.326 e. The summed E-state index contributed by atoms with van der Waals surface area (Å²) in [6.07, 6.45) is -0.724. The summed E-state index contributed by atoms with van der Waals surface area (Å²) in [4.78, 5) is 102. The fourth-order valence-electron chi connectivity index (χ4n) is 5.67. The van der Waals surface area contributed by atoms with Gasteiger partial charge in [-0.2, -0.15) is 0 Å². The van der Waals surface area contributed by atoms with E-state index in [4.69, 9.17) is 16.6 Å². The lowest BCUT2D eigenvalue weighted by atomic mass is 10.0. The third kappa shape index (κ3) is 13.6. The number of carboxylic acids is 2. The van der Waals surface area contributed by atoms with Crippen LogP contribution in [-0.2, 0) is 51.2 Å². The number of nitrogens with two attached hydrogens (primary N) is 2. The van der Waals surface area contributed by atoms with Crippen molar-refractivity contribution in [2.24, 2.45) is 11.5 Å². The van der Waals surface area contributed by atoms with Crippen molar-refractivity contribution in [3.05, 3.63) is 65.7 Å². The van der Waals surface area contributed by atoms with E-state index in [9.17, 15) is 48.6 Å². The largest absolute Gasteiger partial charge is 0.508 e. The lowest BCUT2D eigenvalue weighted by Crippen LogP contribution is -2.59. The Balaban J connectivity index is 1.82. The van der Waals surface area contributed by atoms with Gasteiger partial charge in [0.2, 0.25) is 35.4 Å². The molecule has 1 saturated heterocycles. The molecule has 286 valence electrons. The van der Waals surface area contributed by atoms with Crippen molar-refractivity contribution in [3.8, 4) is 5.75 Å². The summed E-state index contributed by atoms with van der Waals surface area (Å²) in [5, 5.41) is 38.2. The van der Waals surface area contributed by atoms with E-state index in [0.717, 1.165) is 4.90 Å². The third-order valence-electron chi connectivity index (χ3n) is 8.49. The average Bonchev–Trinajstić information content (AvgIpc) is 3.62. The first kappa shape index (κ1) is 41.4. The number of carbonyl (C=O) groups is 8. The molecule has 1 fully saturated rings. The van der Waals surface area contributed by atoms with Gasteiger partial charge in [-0.25, -0.2) is 4.79 Å². The average molecular weight is 740 g/mol. The van der Waals surface area contributed by atoms with E-state index >= 15 is 0 Å². The molecule has 0 aliphatic carbocycles. The lowest BCUT2D eigenvalue weighted by Gasteiger charge is -2.29. The van der Waals surface area contributed by atoms with Crippen LogP contribution in [0.25, 0.3) is 0 Å². The van der Waals surface area contributed by atoms with Crippen LogP contribution in [-0.4, -0.2) is 111 Å². The molecule has 6 amide bonds. The molecule has 0 bridgehead atoms. The Kier molecular flexibility index (Phi) is 15.7. The topological polar surface area (TPSA) is 301 Å². The summed E-state index contributed by atoms with van der Waals surface area (Å²) in [6, 6.07) is 7.93. The molecule has 18 nitrogen and oxygen atoms in total. The van der Waals surface area contributed by atoms with E-state index in [-0.39, 0.29) is 57.2 Å². The molecule has 0 saturated carbocycles. The molecule has 3 rings (SSSR count). The monoisotopic (exact) mass is 739 g/mol. The molecule has 53 heavy (non-hydrogen) atoms. The van der Waals surface area contributed by atoms with Gasteiger partial charge in [-0.3, -0.25) is 33.6 Å². The Bertz CT molecular complexity index is 1640. The van der Waals surface area contributed by atoms with Crippen LogP contribution in [0.2, 0.25) is 0 Å². The molecule has 1 aliphatic heterocycles. The Morgan fingerprint density at radius 3 is 1.98 bits per heavy atom. The fourth-order valence-corrected chi connectivity index (χ4v) is 5.67. The molecule has 2 aromatic carbocycles. The van der Waals surface area contributed by atoms with Gasteiger partial charge >= 0.3 is 11.9 Å². The molecule has 5 atom stereocenters. The number of phenolic OH excluding ortho intramolecular Hbond substituents is 1. The molecular weight excluding hydrogens is 694 g/mol. The van der Waals surface area contributed by atoms with Gasteiger partial charge in [-0.05, 0) is 48.9 Å². The van der Waals surface area contributed by atoms with E-state index in [1.165, 1.54) is 24.3 Å². The molecule has 1 heterocycles. The highest BCUT2D eigenvalue weighted by Gasteiger charge is 2.38. The maximum absolute atomic E-state index is 13.8. The van der Waals surface area contributed by atoms with E-state index < -0.39 is 84.1 Å². The van der Waals surface area contributed by atoms with E-state index in [1.54, 1.807) is 30.3 Å². The maximum atomic E-state index is 13.8. The van der Waals surface area contributed by atoms with Crippen LogP contribution in [0.15, 0.2) is 54.6 Å². The lowest BCUT2D eigenvalue weighted by molar-refractivity contribution is -0.149. The number of benzene rings is 2. The van der Waals surface area contributed by atoms with Gasteiger partial charge in [0.25, 0.3) is 0 Å². The number of aliphatic carboxylic acids is 2. The SMILES string of the molecule is NC(=O)CC[C@H](NC(=O)[C@H](Cc1ccccc1)NC(=O)CNC(=O)[C@@H](N)CCC(=O)O)C(=O)N[C@@H](Cc1ccc(O)cc1)C(=O)N1CCC[C@H]1C(=O)O. The summed E-state index contributed by atoms with van der Waals surface area (Å²) < 4.78 is 0. The van der Waals surface area contributed by atoms with Crippen molar-refractivity contribution < 1.29 is 53.7 Å². The van der Waals surface area contributed by atoms with Crippen molar-refractivity contribution in [1.29, 1.82) is 0 Å². The number of aromatic hydroxyl groups is 1. The number of nitrogens with one attached hydrogen (secondary N) is 4. The fraction of sp³-hybridized carbons (Fsp3) is 0.429. The normalized spacial score (nSPS) is 15.9. The molecule has 0 spiro atoms. The summed E-state index contributed by atoms with van der Waals surface area (Å²) >= 11 is 0. The number of carboxylic acid groups (broad SMARTS) is 2. The Morgan fingerprint density at radius 1 is 0.755 bits per heavy atom. The van der Waals surface area contributed by atoms with Crippen LogP contribution >= 0.6 is 0 Å². The zero-order chi connectivity index (χ0) is 39.1. The van der Waals surface area contributed by atoms with Crippen LogP contribution in [0.1, 0.15) is 49.7 Å². The smallest absolute Gasteiger partial charge is 0.326 e. The Morgan fingerprint density at radius 2 is 1.36 bits per heavy atom. The first-order chi connectivity index (χ1) is 25.1. The summed E-state index contributed by atoms with van der Waals surface area (Å²) in [6.45, 7) is -0.478. The van der Waals surface area contributed by atoms with Crippen LogP contribution < -0.4 is 32.7 Å². The van der Waals surface area contributed by atoms with Gasteiger partial charge in [0.15, 0.2) is 0 Å². The molecule has 11 N–H and O–H groups in total. The zero-order valence-corrected chi connectivity index (χ0v) is 28.9. The zero-order valence-electron chi connectivity index (χ0n) is 28.9. The van der Waals surface area contributed by atoms with Crippen molar-refractivity contribution in [2.45, 2.75) is 81.6 Å². The van der Waals surface area contributed by atoms with Crippen LogP contribution in [0.4, 0.5) is 0 Å². The highest BCUT2D eigenvalue weighted by molar-refractivity contribution is 5.96. The second-order valence-electron chi connectivity index (χ2n) is 12.6. The highest BCUT2D eigenvalue weighted by atomic mass is 16.4. The second-order valence-corrected chi connectivity index (χ2v) is 12.6. The highest BCUT2D eigenvalue weighted by Crippen LogP contribution is 2.20. The molecule has 0 aromatic heterocycles. The van der Waals surface area contributed by atoms with E-state index in [1.807, 2.05) is 0 Å². The van der Waals surface area contributed by atoms with Gasteiger partial charge in [0.05, 0.1) is 12.6 Å². The minimum absolute atomic E-state index is 0.0424. The molecule has 2 aromatic rings. The first-order valence-corrected chi connectivity index (χ1v) is 16.9. The second kappa shape index (κ2) is 20.1. The third-order valence-corrected chi connectivity index (χ3v) is 8.49. The number of likely N-dealkylation sites (tertiary alicyclic amines) is 1. The van der Waals surface area contributed by atoms with Gasteiger partial charge < -0.3 is 53.0 Å². The summed E-state index contributed by atoms with van der Waals surface area (Å²) in [5.74, 6) is -7.22. The summed E-state index contributed by atoms with van der Waals surface area (Å²) in [5.41, 5.74) is 12.2. The number of hydrogen-bond acceptors (Lipinski definition) is 10. The Labute approximate surface area is 304 Å². The van der Waals surface area contributed by atoms with E-state index in [2.05, 4.69) is 21.3 Å². The number of primary amides is 1. The van der Waals surface area contributed by atoms with Crippen molar-refractivity contribution in [3.63, 3.8) is 0 Å². The molecular formula is C35H45N7O11. The van der Waals surface area contributed by atoms with Crippen molar-refractivity contribution in [1.82, 2.24) is 26.2 Å². The molecule has 1 aliphatic rings. The minimum atomic E-state index is -1.46. The number of amides is 6. The van der Waals surface area contributed by atoms with E-state index in [0.29, 0.717) is 17.5 Å². The minimum Gasteiger partial charge on any atom is -0.508 e. The molecule has 18 heteroatoms. The van der Waals surface area contributed by atoms with Gasteiger partial charge in [0.1, 0.15) is 29.9 Å². The predicted molar refractivity (Wildman–Crippen MR) is 186 cm³/mol. The predicted octanol–water partition coefficient (Wildman–Crippen LogP) is -1.72. The van der Waals surface area contributed by atoms with Gasteiger partial charge in [0, 0.05) is 32.2 Å². The number of phenols is 1. The number of hydrogen-bond donors (Lipinski definition) is 9. The standard InChI is InChI=1S/C35H45N7O11/c36-23(12-15-30(46)47)31(48)38-19-29(45)39-25(17-20-5-2-1-3-6-20)33(50)40-24(13-14-28(37)44)32(49)41-26(18-21-8-10-22(43)11-9-21)34(51)42-16-4-7-27(42)35(52)53/h1-3,5-6,8-11,23-27,43H,4,7,12-19,36H2,(H2,37,44)(H,38,48)(H,39,45)(H,40,50)(H,41,49)(H,46,47)(H,52,53)/t23-,24-,25-,26-,27-/m0/s1. The summed E-state index contributed by atoms with van der Waals surface area (Å²) in [7, 11) is 0. The first-order valence-electron chi connectivity index (χ1n) is 16.9. The number of rotatable bonds is 20. The number of carbonyl (C=O) groups excluding carboxylic acids is 6. The quantitative estimate of drug-likeness (QED) is 0.0733.